The van der Waals surface area contributed by atoms with Crippen molar-refractivity contribution < 1.29 is 9.73 Å². The molecule has 0 saturated carbocycles. The van der Waals surface area contributed by atoms with Crippen LogP contribution in [0.4, 0.5) is 0 Å². The molecule has 0 fully saturated rings. The zero-order valence-electron chi connectivity index (χ0n) is 8.21. The van der Waals surface area contributed by atoms with Crippen molar-refractivity contribution in [3.05, 3.63) is 41.7 Å². The molecule has 2 aromatic rings. The molecule has 1 N–H and O–H groups in total. The SMILES string of the molecule is Cc1ccc(-c2cc(/C=N/O)on2)cc1. The number of benzene rings is 1. The van der Waals surface area contributed by atoms with Crippen molar-refractivity contribution in [3.8, 4) is 11.3 Å². The van der Waals surface area contributed by atoms with Crippen LogP contribution in [0.25, 0.3) is 11.3 Å². The molecule has 0 spiro atoms. The van der Waals surface area contributed by atoms with E-state index in [0.717, 1.165) is 11.3 Å². The summed E-state index contributed by atoms with van der Waals surface area (Å²) in [5, 5.41) is 15.0. The third-order valence-corrected chi connectivity index (χ3v) is 2.06. The fourth-order valence-electron chi connectivity index (χ4n) is 1.27. The van der Waals surface area contributed by atoms with E-state index in [4.69, 9.17) is 9.73 Å². The van der Waals surface area contributed by atoms with Crippen molar-refractivity contribution in [1.82, 2.24) is 5.16 Å². The summed E-state index contributed by atoms with van der Waals surface area (Å²) in [5.74, 6) is 0.424. The summed E-state index contributed by atoms with van der Waals surface area (Å²) in [7, 11) is 0. The number of aryl methyl sites for hydroxylation is 1. The Morgan fingerprint density at radius 2 is 2.07 bits per heavy atom. The first kappa shape index (κ1) is 9.45. The lowest BCUT2D eigenvalue weighted by molar-refractivity contribution is 0.319. The third kappa shape index (κ3) is 2.04. The van der Waals surface area contributed by atoms with Crippen LogP contribution in [0.15, 0.2) is 40.0 Å². The number of hydrogen-bond donors (Lipinski definition) is 1. The minimum absolute atomic E-state index is 0.424. The third-order valence-electron chi connectivity index (χ3n) is 2.06. The van der Waals surface area contributed by atoms with Crippen LogP contribution in [0.2, 0.25) is 0 Å². The van der Waals surface area contributed by atoms with E-state index in [1.807, 2.05) is 31.2 Å². The lowest BCUT2D eigenvalue weighted by atomic mass is 10.1. The molecule has 1 heterocycles. The molecule has 2 rings (SSSR count). The largest absolute Gasteiger partial charge is 0.411 e. The zero-order chi connectivity index (χ0) is 10.7. The highest BCUT2D eigenvalue weighted by molar-refractivity contribution is 5.77. The predicted octanol–water partition coefficient (Wildman–Crippen LogP) is 2.46. The average Bonchev–Trinajstić information content (AvgIpc) is 2.68. The lowest BCUT2D eigenvalue weighted by Crippen LogP contribution is -1.77. The molecule has 0 aliphatic heterocycles. The Balaban J connectivity index is 2.33. The Hall–Kier alpha value is -2.10. The van der Waals surface area contributed by atoms with Gasteiger partial charge in [-0.25, -0.2) is 0 Å². The molecule has 0 amide bonds. The molecule has 1 aromatic carbocycles. The normalized spacial score (nSPS) is 11.0. The molecule has 76 valence electrons. The maximum absolute atomic E-state index is 8.32. The summed E-state index contributed by atoms with van der Waals surface area (Å²) in [6, 6.07) is 9.65. The number of nitrogens with zero attached hydrogens (tertiary/aromatic N) is 2. The molecule has 15 heavy (non-hydrogen) atoms. The van der Waals surface area contributed by atoms with E-state index >= 15 is 0 Å². The smallest absolute Gasteiger partial charge is 0.181 e. The molecule has 0 atom stereocenters. The second kappa shape index (κ2) is 3.96. The Morgan fingerprint density at radius 3 is 2.73 bits per heavy atom. The number of aromatic nitrogens is 1. The summed E-state index contributed by atoms with van der Waals surface area (Å²) in [4.78, 5) is 0. The van der Waals surface area contributed by atoms with Gasteiger partial charge in [0.15, 0.2) is 5.76 Å². The van der Waals surface area contributed by atoms with Crippen molar-refractivity contribution in [3.63, 3.8) is 0 Å². The van der Waals surface area contributed by atoms with Crippen molar-refractivity contribution in [1.29, 1.82) is 0 Å². The Kier molecular flexibility index (Phi) is 2.49. The van der Waals surface area contributed by atoms with E-state index in [0.29, 0.717) is 5.76 Å². The van der Waals surface area contributed by atoms with Crippen LogP contribution in [0, 0.1) is 6.92 Å². The van der Waals surface area contributed by atoms with Gasteiger partial charge in [0.05, 0.1) is 0 Å². The second-order valence-electron chi connectivity index (χ2n) is 3.23. The van der Waals surface area contributed by atoms with Crippen molar-refractivity contribution in [2.24, 2.45) is 5.16 Å². The molecule has 0 saturated heterocycles. The highest BCUT2D eigenvalue weighted by Crippen LogP contribution is 2.18. The Labute approximate surface area is 86.8 Å². The monoisotopic (exact) mass is 202 g/mol. The van der Waals surface area contributed by atoms with Gasteiger partial charge >= 0.3 is 0 Å². The topological polar surface area (TPSA) is 58.6 Å². The lowest BCUT2D eigenvalue weighted by Gasteiger charge is -1.94. The minimum Gasteiger partial charge on any atom is -0.411 e. The molecule has 0 aliphatic rings. The maximum Gasteiger partial charge on any atom is 0.181 e. The van der Waals surface area contributed by atoms with Crippen LogP contribution < -0.4 is 0 Å². The molecule has 4 heteroatoms. The zero-order valence-corrected chi connectivity index (χ0v) is 8.21. The van der Waals surface area contributed by atoms with E-state index in [-0.39, 0.29) is 0 Å². The molecule has 0 unspecified atom stereocenters. The molecule has 1 aromatic heterocycles. The van der Waals surface area contributed by atoms with Crippen LogP contribution in [-0.4, -0.2) is 16.6 Å². The highest BCUT2D eigenvalue weighted by Gasteiger charge is 2.04. The first-order valence-corrected chi connectivity index (χ1v) is 4.51. The number of hydrogen-bond acceptors (Lipinski definition) is 4. The van der Waals surface area contributed by atoms with Gasteiger partial charge in [-0.1, -0.05) is 40.1 Å². The Bertz CT molecular complexity index is 472. The molecule has 0 bridgehead atoms. The van der Waals surface area contributed by atoms with Gasteiger partial charge in [-0.2, -0.15) is 0 Å². The first-order valence-electron chi connectivity index (χ1n) is 4.51. The molecular formula is C11H10N2O2. The van der Waals surface area contributed by atoms with Gasteiger partial charge in [-0.05, 0) is 6.92 Å². The van der Waals surface area contributed by atoms with Gasteiger partial charge < -0.3 is 9.73 Å². The summed E-state index contributed by atoms with van der Waals surface area (Å²) < 4.78 is 4.93. The highest BCUT2D eigenvalue weighted by atomic mass is 16.5. The molecular weight excluding hydrogens is 192 g/mol. The molecule has 0 aliphatic carbocycles. The van der Waals surface area contributed by atoms with Crippen molar-refractivity contribution >= 4 is 6.21 Å². The molecule has 4 nitrogen and oxygen atoms in total. The van der Waals surface area contributed by atoms with Crippen LogP contribution in [-0.2, 0) is 0 Å². The van der Waals surface area contributed by atoms with E-state index in [2.05, 4.69) is 10.3 Å². The fourth-order valence-corrected chi connectivity index (χ4v) is 1.27. The summed E-state index contributed by atoms with van der Waals surface area (Å²) in [5.41, 5.74) is 2.89. The van der Waals surface area contributed by atoms with Crippen LogP contribution in [0.1, 0.15) is 11.3 Å². The van der Waals surface area contributed by atoms with E-state index in [9.17, 15) is 0 Å². The quantitative estimate of drug-likeness (QED) is 0.462. The van der Waals surface area contributed by atoms with Crippen LogP contribution >= 0.6 is 0 Å². The maximum atomic E-state index is 8.32. The van der Waals surface area contributed by atoms with Crippen molar-refractivity contribution in [2.75, 3.05) is 0 Å². The fraction of sp³-hybridized carbons (Fsp3) is 0.0909. The number of rotatable bonds is 2. The summed E-state index contributed by atoms with van der Waals surface area (Å²) in [6.07, 6.45) is 1.20. The van der Waals surface area contributed by atoms with Gasteiger partial charge in [0.2, 0.25) is 0 Å². The minimum atomic E-state index is 0.424. The van der Waals surface area contributed by atoms with E-state index in [1.54, 1.807) is 6.07 Å². The van der Waals surface area contributed by atoms with Gasteiger partial charge in [-0.3, -0.25) is 0 Å². The summed E-state index contributed by atoms with van der Waals surface area (Å²) >= 11 is 0. The van der Waals surface area contributed by atoms with Gasteiger partial charge in [-0.15, -0.1) is 0 Å². The Morgan fingerprint density at radius 1 is 1.33 bits per heavy atom. The standard InChI is InChI=1S/C11H10N2O2/c1-8-2-4-9(5-3-8)11-6-10(7-12-14)15-13-11/h2-7,14H,1H3/b12-7+. The van der Waals surface area contributed by atoms with E-state index < -0.39 is 0 Å². The average molecular weight is 202 g/mol. The molecule has 0 radical (unpaired) electrons. The van der Waals surface area contributed by atoms with Gasteiger partial charge in [0.1, 0.15) is 11.9 Å². The summed E-state index contributed by atoms with van der Waals surface area (Å²) in [6.45, 7) is 2.02. The first-order chi connectivity index (χ1) is 7.29. The van der Waals surface area contributed by atoms with Crippen LogP contribution in [0.5, 0.6) is 0 Å². The second-order valence-corrected chi connectivity index (χ2v) is 3.23. The predicted molar refractivity (Wildman–Crippen MR) is 56.1 cm³/mol. The van der Waals surface area contributed by atoms with Crippen LogP contribution in [0.3, 0.4) is 0 Å². The van der Waals surface area contributed by atoms with Gasteiger partial charge in [0.25, 0.3) is 0 Å². The number of oxime groups is 1. The van der Waals surface area contributed by atoms with Gasteiger partial charge in [0, 0.05) is 11.6 Å². The van der Waals surface area contributed by atoms with E-state index in [1.165, 1.54) is 11.8 Å². The van der Waals surface area contributed by atoms with Crippen molar-refractivity contribution in [2.45, 2.75) is 6.92 Å².